The summed E-state index contributed by atoms with van der Waals surface area (Å²) in [5.41, 5.74) is 0.200. The van der Waals surface area contributed by atoms with E-state index in [9.17, 15) is 9.18 Å². The van der Waals surface area contributed by atoms with Gasteiger partial charge in [-0.1, -0.05) is 18.2 Å². The van der Waals surface area contributed by atoms with E-state index >= 15 is 0 Å². The van der Waals surface area contributed by atoms with Crippen molar-refractivity contribution in [2.24, 2.45) is 0 Å². The van der Waals surface area contributed by atoms with Crippen LogP contribution in [0.15, 0.2) is 36.4 Å². The number of nitrogens with zero attached hydrogens (tertiary/aromatic N) is 2. The molecular weight excluding hydrogens is 219 g/mol. The van der Waals surface area contributed by atoms with Crippen LogP contribution < -0.4 is 4.90 Å². The largest absolute Gasteiger partial charge is 0.305 e. The van der Waals surface area contributed by atoms with Crippen LogP contribution >= 0.6 is 0 Å². The van der Waals surface area contributed by atoms with E-state index in [-0.39, 0.29) is 24.6 Å². The molecule has 1 aromatic carbocycles. The van der Waals surface area contributed by atoms with Crippen LogP contribution in [0.3, 0.4) is 0 Å². The first-order valence-corrected chi connectivity index (χ1v) is 5.26. The van der Waals surface area contributed by atoms with Crippen LogP contribution in [0.4, 0.5) is 10.1 Å². The normalized spacial score (nSPS) is 10.2. The first-order valence-electron chi connectivity index (χ1n) is 5.26. The maximum absolute atomic E-state index is 13.6. The van der Waals surface area contributed by atoms with Gasteiger partial charge in [-0.25, -0.2) is 4.39 Å². The van der Waals surface area contributed by atoms with Crippen LogP contribution in [0.1, 0.15) is 13.3 Å². The first-order chi connectivity index (χ1) is 8.20. The highest BCUT2D eigenvalue weighted by atomic mass is 19.1. The van der Waals surface area contributed by atoms with Crippen LogP contribution in [0.5, 0.6) is 0 Å². The molecule has 0 saturated carbocycles. The van der Waals surface area contributed by atoms with Crippen molar-refractivity contribution in [3.8, 4) is 6.07 Å². The third kappa shape index (κ3) is 3.42. The molecule has 17 heavy (non-hydrogen) atoms. The highest BCUT2D eigenvalue weighted by molar-refractivity contribution is 6.01. The predicted molar refractivity (Wildman–Crippen MR) is 63.8 cm³/mol. The van der Waals surface area contributed by atoms with Crippen molar-refractivity contribution in [2.45, 2.75) is 13.3 Å². The Hall–Kier alpha value is -2.15. The van der Waals surface area contributed by atoms with Gasteiger partial charge < -0.3 is 4.90 Å². The number of nitriles is 1. The summed E-state index contributed by atoms with van der Waals surface area (Å²) < 4.78 is 13.6. The molecule has 0 aromatic heterocycles. The lowest BCUT2D eigenvalue weighted by molar-refractivity contribution is -0.114. The number of halogens is 1. The van der Waals surface area contributed by atoms with Gasteiger partial charge in [0.2, 0.25) is 0 Å². The number of allylic oxidation sites excluding steroid dienone is 1. The summed E-state index contributed by atoms with van der Waals surface area (Å²) in [6.45, 7) is 1.89. The van der Waals surface area contributed by atoms with Gasteiger partial charge in [-0.05, 0) is 25.1 Å². The number of benzene rings is 1. The van der Waals surface area contributed by atoms with E-state index in [1.807, 2.05) is 6.07 Å². The molecule has 0 heterocycles. The molecule has 0 atom stereocenters. The average Bonchev–Trinajstić information content (AvgIpc) is 2.32. The molecule has 0 aliphatic rings. The number of carbonyl (C=O) groups is 1. The van der Waals surface area contributed by atoms with E-state index in [4.69, 9.17) is 5.26 Å². The lowest BCUT2D eigenvalue weighted by Gasteiger charge is -2.20. The van der Waals surface area contributed by atoms with Gasteiger partial charge in [0.15, 0.2) is 0 Å². The maximum atomic E-state index is 13.6. The minimum absolute atomic E-state index is 0.164. The van der Waals surface area contributed by atoms with Crippen molar-refractivity contribution in [3.63, 3.8) is 0 Å². The van der Waals surface area contributed by atoms with Gasteiger partial charge in [-0.2, -0.15) is 5.26 Å². The molecule has 0 unspecified atom stereocenters. The first kappa shape index (κ1) is 12.9. The Morgan fingerprint density at radius 2 is 2.24 bits per heavy atom. The molecule has 0 aliphatic heterocycles. The zero-order chi connectivity index (χ0) is 12.7. The lowest BCUT2D eigenvalue weighted by Crippen LogP contribution is -2.30. The van der Waals surface area contributed by atoms with Crippen molar-refractivity contribution in [3.05, 3.63) is 42.2 Å². The minimum Gasteiger partial charge on any atom is -0.305 e. The summed E-state index contributed by atoms with van der Waals surface area (Å²) in [5, 5.41) is 8.54. The molecule has 1 rings (SSSR count). The number of para-hydroxylation sites is 1. The smallest absolute Gasteiger partial charge is 0.250 e. The SMILES string of the molecule is CC=CC(=O)N(CCC#N)c1ccccc1F. The number of anilines is 1. The van der Waals surface area contributed by atoms with Gasteiger partial charge in [0.1, 0.15) is 5.82 Å². The Balaban J connectivity index is 3.02. The van der Waals surface area contributed by atoms with Gasteiger partial charge >= 0.3 is 0 Å². The fourth-order valence-electron chi connectivity index (χ4n) is 1.41. The average molecular weight is 232 g/mol. The highest BCUT2D eigenvalue weighted by Crippen LogP contribution is 2.19. The van der Waals surface area contributed by atoms with Crippen LogP contribution in [0, 0.1) is 17.1 Å². The Kier molecular flexibility index (Phi) is 4.89. The fraction of sp³-hybridized carbons (Fsp3) is 0.231. The van der Waals surface area contributed by atoms with E-state index < -0.39 is 5.82 Å². The Morgan fingerprint density at radius 1 is 1.53 bits per heavy atom. The van der Waals surface area contributed by atoms with E-state index in [1.54, 1.807) is 25.1 Å². The molecule has 0 aliphatic carbocycles. The van der Waals surface area contributed by atoms with Crippen LogP contribution in [-0.2, 0) is 4.79 Å². The second-order valence-corrected chi connectivity index (χ2v) is 3.35. The molecule has 0 saturated heterocycles. The molecule has 3 nitrogen and oxygen atoms in total. The molecule has 0 radical (unpaired) electrons. The summed E-state index contributed by atoms with van der Waals surface area (Å²) in [6.07, 6.45) is 3.10. The van der Waals surface area contributed by atoms with Crippen molar-refractivity contribution < 1.29 is 9.18 Å². The van der Waals surface area contributed by atoms with E-state index in [0.717, 1.165) is 0 Å². The Labute approximate surface area is 99.8 Å². The zero-order valence-corrected chi connectivity index (χ0v) is 9.56. The van der Waals surface area contributed by atoms with Crippen molar-refractivity contribution >= 4 is 11.6 Å². The molecule has 0 fully saturated rings. The zero-order valence-electron chi connectivity index (χ0n) is 9.56. The molecule has 0 spiro atoms. The fourth-order valence-corrected chi connectivity index (χ4v) is 1.41. The quantitative estimate of drug-likeness (QED) is 0.749. The lowest BCUT2D eigenvalue weighted by atomic mass is 10.2. The second-order valence-electron chi connectivity index (χ2n) is 3.35. The summed E-state index contributed by atoms with van der Waals surface area (Å²) >= 11 is 0. The number of hydrogen-bond acceptors (Lipinski definition) is 2. The molecule has 88 valence electrons. The molecule has 1 amide bonds. The molecule has 1 aromatic rings. The number of amides is 1. The van der Waals surface area contributed by atoms with E-state index in [2.05, 4.69) is 0 Å². The third-order valence-electron chi connectivity index (χ3n) is 2.17. The van der Waals surface area contributed by atoms with Gasteiger partial charge in [0.05, 0.1) is 18.2 Å². The number of rotatable bonds is 4. The summed E-state index contributed by atoms with van der Waals surface area (Å²) in [6, 6.07) is 7.97. The molecule has 4 heteroatoms. The minimum atomic E-state index is -0.469. The van der Waals surface area contributed by atoms with Gasteiger partial charge in [0, 0.05) is 6.54 Å². The Bertz CT molecular complexity index is 463. The van der Waals surface area contributed by atoms with E-state index in [1.165, 1.54) is 23.1 Å². The highest BCUT2D eigenvalue weighted by Gasteiger charge is 2.15. The Morgan fingerprint density at radius 3 is 2.82 bits per heavy atom. The van der Waals surface area contributed by atoms with Crippen LogP contribution in [0.25, 0.3) is 0 Å². The third-order valence-corrected chi connectivity index (χ3v) is 2.17. The van der Waals surface area contributed by atoms with Crippen LogP contribution in [0.2, 0.25) is 0 Å². The molecule has 0 bridgehead atoms. The standard InChI is InChI=1S/C13H13FN2O/c1-2-6-13(17)16(10-5-9-15)12-8-4-3-7-11(12)14/h2-4,6-8H,5,10H2,1H3. The van der Waals surface area contributed by atoms with Gasteiger partial charge in [0.25, 0.3) is 5.91 Å². The van der Waals surface area contributed by atoms with Gasteiger partial charge in [-0.3, -0.25) is 4.79 Å². The molecular formula is C13H13FN2O. The maximum Gasteiger partial charge on any atom is 0.250 e. The monoisotopic (exact) mass is 232 g/mol. The van der Waals surface area contributed by atoms with Crippen molar-refractivity contribution in [1.29, 1.82) is 5.26 Å². The van der Waals surface area contributed by atoms with Gasteiger partial charge in [-0.15, -0.1) is 0 Å². The summed E-state index contributed by atoms with van der Waals surface area (Å²) in [5.74, 6) is -0.795. The molecule has 0 N–H and O–H groups in total. The number of carbonyl (C=O) groups excluding carboxylic acids is 1. The van der Waals surface area contributed by atoms with Crippen LogP contribution in [-0.4, -0.2) is 12.5 Å². The predicted octanol–water partition coefficient (Wildman–Crippen LogP) is 2.65. The number of hydrogen-bond donors (Lipinski definition) is 0. The summed E-state index contributed by atoms with van der Waals surface area (Å²) in [4.78, 5) is 13.0. The second kappa shape index (κ2) is 6.44. The topological polar surface area (TPSA) is 44.1 Å². The van der Waals surface area contributed by atoms with Crippen molar-refractivity contribution in [2.75, 3.05) is 11.4 Å². The van der Waals surface area contributed by atoms with Crippen molar-refractivity contribution in [1.82, 2.24) is 0 Å². The summed E-state index contributed by atoms with van der Waals surface area (Å²) in [7, 11) is 0. The van der Waals surface area contributed by atoms with E-state index in [0.29, 0.717) is 0 Å².